The Hall–Kier alpha value is -1.24. The van der Waals surface area contributed by atoms with Gasteiger partial charge in [-0.3, -0.25) is 4.79 Å². The molecule has 19 heavy (non-hydrogen) atoms. The number of nitrogens with zero attached hydrogens (tertiary/aromatic N) is 1. The van der Waals surface area contributed by atoms with E-state index in [4.69, 9.17) is 0 Å². The van der Waals surface area contributed by atoms with Gasteiger partial charge in [0.25, 0.3) is 0 Å². The lowest BCUT2D eigenvalue weighted by molar-refractivity contribution is -0.117. The molecule has 2 aromatic heterocycles. The van der Waals surface area contributed by atoms with Crippen molar-refractivity contribution in [3.8, 4) is 10.6 Å². The quantitative estimate of drug-likeness (QED) is 0.915. The van der Waals surface area contributed by atoms with Crippen molar-refractivity contribution in [3.63, 3.8) is 0 Å². The van der Waals surface area contributed by atoms with Gasteiger partial charge in [-0.15, -0.1) is 22.7 Å². The fourth-order valence-corrected chi connectivity index (χ4v) is 3.73. The number of anilines is 1. The highest BCUT2D eigenvalue weighted by Gasteiger charge is 2.22. The largest absolute Gasteiger partial charge is 0.306 e. The standard InChI is InChI=1S/C13H15N3OS2/c1-8-4-5-11(19-8)10-7-18-13(15-10)16-12(17)9-3-2-6-14-9/h4-5,7,9,14H,2-3,6H2,1H3,(H,15,16,17). The number of nitrogens with one attached hydrogen (secondary N) is 2. The smallest absolute Gasteiger partial charge is 0.243 e. The monoisotopic (exact) mass is 293 g/mol. The number of aromatic nitrogens is 1. The number of thiophene rings is 1. The molecule has 0 spiro atoms. The minimum atomic E-state index is -0.0590. The molecule has 2 N–H and O–H groups in total. The average Bonchev–Trinajstić information content (AvgIpc) is 3.07. The van der Waals surface area contributed by atoms with Crippen LogP contribution in [0.15, 0.2) is 17.5 Å². The Bertz CT molecular complexity index is 584. The first-order chi connectivity index (χ1) is 9.22. The highest BCUT2D eigenvalue weighted by molar-refractivity contribution is 7.17. The Labute approximate surface area is 119 Å². The van der Waals surface area contributed by atoms with Crippen LogP contribution in [-0.4, -0.2) is 23.5 Å². The number of aryl methyl sites for hydroxylation is 1. The fraction of sp³-hybridized carbons (Fsp3) is 0.385. The van der Waals surface area contributed by atoms with E-state index in [0.717, 1.165) is 30.0 Å². The Morgan fingerprint density at radius 1 is 1.53 bits per heavy atom. The van der Waals surface area contributed by atoms with Gasteiger partial charge in [0.1, 0.15) is 0 Å². The average molecular weight is 293 g/mol. The molecular weight excluding hydrogens is 278 g/mol. The first-order valence-electron chi connectivity index (χ1n) is 6.29. The molecule has 1 saturated heterocycles. The number of amides is 1. The molecule has 0 aliphatic carbocycles. The van der Waals surface area contributed by atoms with Gasteiger partial charge in [-0.2, -0.15) is 0 Å². The van der Waals surface area contributed by atoms with E-state index >= 15 is 0 Å². The Morgan fingerprint density at radius 2 is 2.42 bits per heavy atom. The van der Waals surface area contributed by atoms with E-state index in [0.29, 0.717) is 5.13 Å². The minimum absolute atomic E-state index is 0.0285. The summed E-state index contributed by atoms with van der Waals surface area (Å²) in [7, 11) is 0. The van der Waals surface area contributed by atoms with Crippen LogP contribution in [-0.2, 0) is 4.79 Å². The second-order valence-corrected chi connectivity index (χ2v) is 6.73. The number of hydrogen-bond donors (Lipinski definition) is 2. The van der Waals surface area contributed by atoms with Crippen molar-refractivity contribution in [2.45, 2.75) is 25.8 Å². The molecule has 3 rings (SSSR count). The van der Waals surface area contributed by atoms with E-state index in [9.17, 15) is 4.79 Å². The molecule has 0 radical (unpaired) electrons. The number of carbonyl (C=O) groups is 1. The third-order valence-corrected chi connectivity index (χ3v) is 4.88. The molecule has 100 valence electrons. The van der Waals surface area contributed by atoms with Gasteiger partial charge in [-0.25, -0.2) is 4.98 Å². The second kappa shape index (κ2) is 5.40. The van der Waals surface area contributed by atoms with Crippen LogP contribution in [0, 0.1) is 6.92 Å². The van der Waals surface area contributed by atoms with Gasteiger partial charge < -0.3 is 10.6 Å². The summed E-state index contributed by atoms with van der Waals surface area (Å²) in [6.45, 7) is 3.00. The van der Waals surface area contributed by atoms with Gasteiger partial charge in [0, 0.05) is 10.3 Å². The zero-order valence-corrected chi connectivity index (χ0v) is 12.2. The first kappa shape index (κ1) is 12.8. The maximum absolute atomic E-state index is 12.0. The molecule has 1 aliphatic heterocycles. The summed E-state index contributed by atoms with van der Waals surface area (Å²) >= 11 is 3.19. The molecule has 1 amide bonds. The summed E-state index contributed by atoms with van der Waals surface area (Å²) in [6, 6.07) is 4.09. The maximum Gasteiger partial charge on any atom is 0.243 e. The molecule has 0 saturated carbocycles. The van der Waals surface area contributed by atoms with Crippen LogP contribution >= 0.6 is 22.7 Å². The van der Waals surface area contributed by atoms with Gasteiger partial charge in [-0.1, -0.05) is 0 Å². The van der Waals surface area contributed by atoms with Gasteiger partial charge >= 0.3 is 0 Å². The molecule has 0 bridgehead atoms. The molecule has 1 unspecified atom stereocenters. The molecule has 0 aromatic carbocycles. The molecule has 1 fully saturated rings. The predicted octanol–water partition coefficient (Wildman–Crippen LogP) is 2.87. The van der Waals surface area contributed by atoms with Crippen molar-refractivity contribution in [2.24, 2.45) is 0 Å². The molecule has 1 aliphatic rings. The molecular formula is C13H15N3OS2. The van der Waals surface area contributed by atoms with Crippen LogP contribution in [0.3, 0.4) is 0 Å². The molecule has 6 heteroatoms. The SMILES string of the molecule is Cc1ccc(-c2csc(NC(=O)C3CCCN3)n2)s1. The number of hydrogen-bond acceptors (Lipinski definition) is 5. The van der Waals surface area contributed by atoms with Crippen molar-refractivity contribution in [2.75, 3.05) is 11.9 Å². The lowest BCUT2D eigenvalue weighted by Gasteiger charge is -2.08. The van der Waals surface area contributed by atoms with Gasteiger partial charge in [0.05, 0.1) is 16.6 Å². The predicted molar refractivity (Wildman–Crippen MR) is 79.8 cm³/mol. The van der Waals surface area contributed by atoms with Gasteiger partial charge in [0.2, 0.25) is 5.91 Å². The minimum Gasteiger partial charge on any atom is -0.306 e. The van der Waals surface area contributed by atoms with Crippen LogP contribution in [0.5, 0.6) is 0 Å². The third kappa shape index (κ3) is 2.86. The molecule has 3 heterocycles. The number of carbonyl (C=O) groups excluding carboxylic acids is 1. The van der Waals surface area contributed by atoms with Crippen LogP contribution in [0.1, 0.15) is 17.7 Å². The summed E-state index contributed by atoms with van der Waals surface area (Å²) in [6.07, 6.45) is 1.98. The van der Waals surface area contributed by atoms with E-state index in [1.165, 1.54) is 16.2 Å². The van der Waals surface area contributed by atoms with Crippen LogP contribution < -0.4 is 10.6 Å². The first-order valence-corrected chi connectivity index (χ1v) is 7.98. The summed E-state index contributed by atoms with van der Waals surface area (Å²) in [4.78, 5) is 18.8. The number of thiazole rings is 1. The second-order valence-electron chi connectivity index (χ2n) is 4.59. The Kier molecular flexibility index (Phi) is 3.63. The van der Waals surface area contributed by atoms with Crippen LogP contribution in [0.4, 0.5) is 5.13 Å². The zero-order chi connectivity index (χ0) is 13.2. The van der Waals surface area contributed by atoms with E-state index in [1.54, 1.807) is 11.3 Å². The van der Waals surface area contributed by atoms with Crippen molar-refractivity contribution in [1.82, 2.24) is 10.3 Å². The van der Waals surface area contributed by atoms with E-state index in [2.05, 4.69) is 34.7 Å². The normalized spacial score (nSPS) is 18.7. The lowest BCUT2D eigenvalue weighted by Crippen LogP contribution is -2.35. The lowest BCUT2D eigenvalue weighted by atomic mass is 10.2. The highest BCUT2D eigenvalue weighted by Crippen LogP contribution is 2.30. The summed E-state index contributed by atoms with van der Waals surface area (Å²) in [5.41, 5.74) is 0.942. The van der Waals surface area contributed by atoms with Crippen molar-refractivity contribution >= 4 is 33.7 Å². The van der Waals surface area contributed by atoms with E-state index in [-0.39, 0.29) is 11.9 Å². The topological polar surface area (TPSA) is 54.0 Å². The Balaban J connectivity index is 1.69. The molecule has 1 atom stereocenters. The van der Waals surface area contributed by atoms with Crippen molar-refractivity contribution in [1.29, 1.82) is 0 Å². The maximum atomic E-state index is 12.0. The summed E-state index contributed by atoms with van der Waals surface area (Å²) in [5, 5.41) is 8.75. The third-order valence-electron chi connectivity index (χ3n) is 3.10. The summed E-state index contributed by atoms with van der Waals surface area (Å²) in [5.74, 6) is 0.0285. The number of rotatable bonds is 3. The fourth-order valence-electron chi connectivity index (χ4n) is 2.12. The van der Waals surface area contributed by atoms with E-state index in [1.807, 2.05) is 5.38 Å². The van der Waals surface area contributed by atoms with Crippen LogP contribution in [0.25, 0.3) is 10.6 Å². The van der Waals surface area contributed by atoms with Crippen molar-refractivity contribution in [3.05, 3.63) is 22.4 Å². The highest BCUT2D eigenvalue weighted by atomic mass is 32.1. The Morgan fingerprint density at radius 3 is 3.11 bits per heavy atom. The van der Waals surface area contributed by atoms with Crippen LogP contribution in [0.2, 0.25) is 0 Å². The van der Waals surface area contributed by atoms with E-state index < -0.39 is 0 Å². The molecule has 2 aromatic rings. The zero-order valence-electron chi connectivity index (χ0n) is 10.6. The summed E-state index contributed by atoms with van der Waals surface area (Å²) < 4.78 is 0. The van der Waals surface area contributed by atoms with Gasteiger partial charge in [-0.05, 0) is 38.4 Å². The van der Waals surface area contributed by atoms with Crippen molar-refractivity contribution < 1.29 is 4.79 Å². The molecule has 4 nitrogen and oxygen atoms in total. The van der Waals surface area contributed by atoms with Gasteiger partial charge in [0.15, 0.2) is 5.13 Å².